The molecule has 2 fully saturated rings. The lowest BCUT2D eigenvalue weighted by atomic mass is 9.79. The Labute approximate surface area is 169 Å². The SMILES string of the molecule is CCCCCCOCCC1C2CCC(O2)C1CSCCCCC(=O)N(C)O. The number of amides is 1. The van der Waals surface area contributed by atoms with E-state index in [0.29, 0.717) is 35.5 Å². The van der Waals surface area contributed by atoms with Crippen molar-refractivity contribution in [3.8, 4) is 0 Å². The van der Waals surface area contributed by atoms with Crippen LogP contribution in [0.4, 0.5) is 0 Å². The monoisotopic (exact) mass is 401 g/mol. The van der Waals surface area contributed by atoms with Gasteiger partial charge < -0.3 is 9.47 Å². The number of rotatable bonds is 15. The molecule has 1 N–H and O–H groups in total. The average Bonchev–Trinajstić information content (AvgIpc) is 3.25. The Morgan fingerprint density at radius 1 is 1.11 bits per heavy atom. The average molecular weight is 402 g/mol. The van der Waals surface area contributed by atoms with E-state index in [9.17, 15) is 4.79 Å². The molecule has 27 heavy (non-hydrogen) atoms. The van der Waals surface area contributed by atoms with Crippen molar-refractivity contribution in [2.24, 2.45) is 11.8 Å². The summed E-state index contributed by atoms with van der Waals surface area (Å²) in [6, 6.07) is 0. The smallest absolute Gasteiger partial charge is 0.245 e. The van der Waals surface area contributed by atoms with Crippen LogP contribution in [0.2, 0.25) is 0 Å². The first-order valence-electron chi connectivity index (χ1n) is 10.9. The predicted octanol–water partition coefficient (Wildman–Crippen LogP) is 4.52. The molecule has 0 aliphatic carbocycles. The molecule has 2 heterocycles. The van der Waals surface area contributed by atoms with Gasteiger partial charge in [0, 0.05) is 26.7 Å². The Morgan fingerprint density at radius 3 is 2.63 bits per heavy atom. The van der Waals surface area contributed by atoms with Gasteiger partial charge in [-0.25, -0.2) is 5.06 Å². The number of hydrogen-bond acceptors (Lipinski definition) is 5. The normalized spacial score (nSPS) is 26.6. The molecule has 1 amide bonds. The van der Waals surface area contributed by atoms with Crippen LogP contribution in [0, 0.1) is 11.8 Å². The van der Waals surface area contributed by atoms with Crippen LogP contribution in [0.3, 0.4) is 0 Å². The highest BCUT2D eigenvalue weighted by Crippen LogP contribution is 2.46. The number of nitrogens with zero attached hydrogens (tertiary/aromatic N) is 1. The number of thioether (sulfide) groups is 1. The second-order valence-electron chi connectivity index (χ2n) is 8.03. The number of carbonyl (C=O) groups excluding carboxylic acids is 1. The molecule has 2 aliphatic rings. The van der Waals surface area contributed by atoms with E-state index in [2.05, 4.69) is 6.92 Å². The zero-order valence-corrected chi connectivity index (χ0v) is 18.1. The quantitative estimate of drug-likeness (QED) is 0.248. The largest absolute Gasteiger partial charge is 0.381 e. The Hall–Kier alpha value is -0.300. The van der Waals surface area contributed by atoms with E-state index < -0.39 is 0 Å². The summed E-state index contributed by atoms with van der Waals surface area (Å²) in [5.41, 5.74) is 0. The Balaban J connectivity index is 1.56. The Bertz CT molecular complexity index is 421. The third kappa shape index (κ3) is 7.92. The molecule has 0 saturated carbocycles. The van der Waals surface area contributed by atoms with E-state index in [1.165, 1.54) is 45.6 Å². The minimum absolute atomic E-state index is 0.198. The molecule has 2 aliphatic heterocycles. The van der Waals surface area contributed by atoms with Crippen LogP contribution in [0.5, 0.6) is 0 Å². The molecule has 158 valence electrons. The molecule has 4 unspecified atom stereocenters. The van der Waals surface area contributed by atoms with Crippen LogP contribution in [-0.4, -0.2) is 60.2 Å². The van der Waals surface area contributed by atoms with Crippen molar-refractivity contribution in [2.45, 2.75) is 83.3 Å². The van der Waals surface area contributed by atoms with E-state index in [4.69, 9.17) is 14.7 Å². The first-order chi connectivity index (χ1) is 13.1. The standard InChI is InChI=1S/C21H39NO4S/c1-3-4-5-7-13-25-14-12-17-18(20-11-10-19(17)26-20)16-27-15-8-6-9-21(23)22(2)24/h17-20,24H,3-16H2,1-2H3. The first kappa shape index (κ1) is 23.0. The fourth-order valence-electron chi connectivity index (χ4n) is 4.32. The minimum Gasteiger partial charge on any atom is -0.381 e. The van der Waals surface area contributed by atoms with Crippen molar-refractivity contribution in [2.75, 3.05) is 31.8 Å². The molecule has 0 spiro atoms. The molecule has 0 aromatic carbocycles. The van der Waals surface area contributed by atoms with Gasteiger partial charge in [-0.05, 0) is 61.9 Å². The molecule has 6 heteroatoms. The van der Waals surface area contributed by atoms with Crippen LogP contribution < -0.4 is 0 Å². The summed E-state index contributed by atoms with van der Waals surface area (Å²) in [7, 11) is 1.39. The fraction of sp³-hybridized carbons (Fsp3) is 0.952. The van der Waals surface area contributed by atoms with Crippen LogP contribution in [0.1, 0.15) is 71.1 Å². The van der Waals surface area contributed by atoms with Gasteiger partial charge in [0.2, 0.25) is 5.91 Å². The zero-order chi connectivity index (χ0) is 19.5. The maximum Gasteiger partial charge on any atom is 0.245 e. The van der Waals surface area contributed by atoms with Gasteiger partial charge in [0.05, 0.1) is 12.2 Å². The van der Waals surface area contributed by atoms with E-state index in [-0.39, 0.29) is 5.91 Å². The second-order valence-corrected chi connectivity index (χ2v) is 9.18. The van der Waals surface area contributed by atoms with Crippen LogP contribution in [-0.2, 0) is 14.3 Å². The summed E-state index contributed by atoms with van der Waals surface area (Å²) in [4.78, 5) is 11.4. The summed E-state index contributed by atoms with van der Waals surface area (Å²) >= 11 is 2.00. The van der Waals surface area contributed by atoms with Crippen LogP contribution in [0.25, 0.3) is 0 Å². The predicted molar refractivity (Wildman–Crippen MR) is 110 cm³/mol. The maximum absolute atomic E-state index is 11.4. The zero-order valence-electron chi connectivity index (χ0n) is 17.2. The maximum atomic E-state index is 11.4. The lowest BCUT2D eigenvalue weighted by Gasteiger charge is -2.27. The molecule has 5 nitrogen and oxygen atoms in total. The van der Waals surface area contributed by atoms with Crippen molar-refractivity contribution < 1.29 is 19.5 Å². The van der Waals surface area contributed by atoms with Crippen LogP contribution in [0.15, 0.2) is 0 Å². The van der Waals surface area contributed by atoms with E-state index in [0.717, 1.165) is 44.0 Å². The van der Waals surface area contributed by atoms with Gasteiger partial charge in [-0.2, -0.15) is 11.8 Å². The van der Waals surface area contributed by atoms with Gasteiger partial charge in [-0.3, -0.25) is 10.0 Å². The lowest BCUT2D eigenvalue weighted by molar-refractivity contribution is -0.159. The van der Waals surface area contributed by atoms with Crippen molar-refractivity contribution in [1.29, 1.82) is 0 Å². The van der Waals surface area contributed by atoms with Gasteiger partial charge in [0.15, 0.2) is 0 Å². The molecule has 2 saturated heterocycles. The fourth-order valence-corrected chi connectivity index (χ4v) is 5.62. The van der Waals surface area contributed by atoms with Gasteiger partial charge in [-0.1, -0.05) is 26.2 Å². The molecule has 0 radical (unpaired) electrons. The number of hydrogen-bond donors (Lipinski definition) is 1. The number of fused-ring (bicyclic) bond motifs is 2. The molecule has 2 rings (SSSR count). The third-order valence-electron chi connectivity index (χ3n) is 5.93. The summed E-state index contributed by atoms with van der Waals surface area (Å²) < 4.78 is 12.1. The summed E-state index contributed by atoms with van der Waals surface area (Å²) in [6.07, 6.45) is 11.9. The number of unbranched alkanes of at least 4 members (excludes halogenated alkanes) is 4. The van der Waals surface area contributed by atoms with Crippen molar-refractivity contribution in [3.63, 3.8) is 0 Å². The van der Waals surface area contributed by atoms with E-state index >= 15 is 0 Å². The molecular formula is C21H39NO4S. The van der Waals surface area contributed by atoms with Gasteiger partial charge in [0.1, 0.15) is 0 Å². The highest BCUT2D eigenvalue weighted by atomic mass is 32.2. The summed E-state index contributed by atoms with van der Waals surface area (Å²) in [5.74, 6) is 3.38. The topological polar surface area (TPSA) is 59.0 Å². The van der Waals surface area contributed by atoms with Gasteiger partial charge in [-0.15, -0.1) is 0 Å². The molecule has 0 aromatic rings. The second kappa shape index (κ2) is 13.0. The summed E-state index contributed by atoms with van der Waals surface area (Å²) in [6.45, 7) is 4.02. The Kier molecular flexibility index (Phi) is 11.1. The first-order valence-corrected chi connectivity index (χ1v) is 12.0. The molecule has 0 aromatic heterocycles. The number of ether oxygens (including phenoxy) is 2. The molecule has 4 atom stereocenters. The lowest BCUT2D eigenvalue weighted by Crippen LogP contribution is -2.30. The number of carbonyl (C=O) groups is 1. The molecular weight excluding hydrogens is 362 g/mol. The van der Waals surface area contributed by atoms with Crippen molar-refractivity contribution in [1.82, 2.24) is 5.06 Å². The molecule has 2 bridgehead atoms. The van der Waals surface area contributed by atoms with E-state index in [1.54, 1.807) is 0 Å². The summed E-state index contributed by atoms with van der Waals surface area (Å²) in [5, 5.41) is 9.74. The highest BCUT2D eigenvalue weighted by Gasteiger charge is 2.47. The van der Waals surface area contributed by atoms with E-state index in [1.807, 2.05) is 11.8 Å². The third-order valence-corrected chi connectivity index (χ3v) is 7.13. The Morgan fingerprint density at radius 2 is 1.89 bits per heavy atom. The highest BCUT2D eigenvalue weighted by molar-refractivity contribution is 7.99. The van der Waals surface area contributed by atoms with Crippen LogP contribution >= 0.6 is 11.8 Å². The van der Waals surface area contributed by atoms with Crippen molar-refractivity contribution >= 4 is 17.7 Å². The van der Waals surface area contributed by atoms with Crippen molar-refractivity contribution in [3.05, 3.63) is 0 Å². The van der Waals surface area contributed by atoms with Gasteiger partial charge >= 0.3 is 0 Å². The van der Waals surface area contributed by atoms with Gasteiger partial charge in [0.25, 0.3) is 0 Å². The number of hydroxylamine groups is 2. The minimum atomic E-state index is -0.198.